The molecule has 0 aromatic carbocycles. The number of carbonyl (C=O) groups is 1. The van der Waals surface area contributed by atoms with Crippen molar-refractivity contribution < 1.29 is 9.53 Å². The van der Waals surface area contributed by atoms with E-state index in [9.17, 15) is 4.79 Å². The third-order valence-corrected chi connectivity index (χ3v) is 2.55. The van der Waals surface area contributed by atoms with E-state index in [4.69, 9.17) is 10.5 Å². The van der Waals surface area contributed by atoms with Gasteiger partial charge >= 0.3 is 5.97 Å². The smallest absolute Gasteiger partial charge is 0.323 e. The minimum Gasteiger partial charge on any atom is -0.464 e. The highest BCUT2D eigenvalue weighted by atomic mass is 16.5. The minimum absolute atomic E-state index is 0.0480. The van der Waals surface area contributed by atoms with E-state index in [0.717, 1.165) is 6.42 Å². The number of hydrogen-bond acceptors (Lipinski definition) is 3. The average Bonchev–Trinajstić information content (AvgIpc) is 2.13. The normalized spacial score (nSPS) is 14.2. The predicted octanol–water partition coefficient (Wildman–Crippen LogP) is 1.95. The van der Waals surface area contributed by atoms with E-state index in [1.807, 2.05) is 13.8 Å². The summed E-state index contributed by atoms with van der Waals surface area (Å²) in [5.41, 5.74) is 5.70. The van der Waals surface area contributed by atoms with E-state index < -0.39 is 6.04 Å². The molecule has 0 spiro atoms. The lowest BCUT2D eigenvalue weighted by Gasteiger charge is -2.23. The summed E-state index contributed by atoms with van der Waals surface area (Å²) in [6.45, 7) is 10.5. The van der Waals surface area contributed by atoms with Crippen LogP contribution in [-0.2, 0) is 9.53 Å². The van der Waals surface area contributed by atoms with Gasteiger partial charge in [0.25, 0.3) is 0 Å². The molecule has 0 aliphatic heterocycles. The Labute approximate surface area is 87.0 Å². The second kappa shape index (κ2) is 5.35. The van der Waals surface area contributed by atoms with Crippen LogP contribution in [0.5, 0.6) is 0 Å². The Hall–Kier alpha value is -0.570. The molecule has 0 aromatic rings. The molecule has 1 unspecified atom stereocenters. The maximum Gasteiger partial charge on any atom is 0.323 e. The van der Waals surface area contributed by atoms with Gasteiger partial charge in [-0.05, 0) is 17.8 Å². The number of esters is 1. The molecule has 0 rings (SSSR count). The molecule has 0 radical (unpaired) electrons. The van der Waals surface area contributed by atoms with Crippen LogP contribution in [0.4, 0.5) is 0 Å². The second-order valence-electron chi connectivity index (χ2n) is 4.90. The molecular formula is C11H23NO2. The first-order chi connectivity index (χ1) is 6.30. The Bertz CT molecular complexity index is 188. The molecule has 3 nitrogen and oxygen atoms in total. The summed E-state index contributed by atoms with van der Waals surface area (Å²) in [4.78, 5) is 11.4. The fourth-order valence-corrected chi connectivity index (χ4v) is 0.737. The highest BCUT2D eigenvalue weighted by Gasteiger charge is 2.22. The zero-order valence-corrected chi connectivity index (χ0v) is 9.96. The van der Waals surface area contributed by atoms with Crippen molar-refractivity contribution in [1.29, 1.82) is 0 Å². The van der Waals surface area contributed by atoms with Gasteiger partial charge in [-0.3, -0.25) is 4.79 Å². The molecule has 0 aliphatic rings. The first-order valence-corrected chi connectivity index (χ1v) is 5.22. The van der Waals surface area contributed by atoms with Gasteiger partial charge in [-0.15, -0.1) is 0 Å². The lowest BCUT2D eigenvalue weighted by Crippen LogP contribution is -2.38. The zero-order chi connectivity index (χ0) is 11.4. The van der Waals surface area contributed by atoms with Crippen LogP contribution < -0.4 is 5.73 Å². The van der Waals surface area contributed by atoms with Gasteiger partial charge in [0.15, 0.2) is 0 Å². The van der Waals surface area contributed by atoms with Gasteiger partial charge in [0.1, 0.15) is 6.04 Å². The third-order valence-electron chi connectivity index (χ3n) is 2.55. The maximum absolute atomic E-state index is 11.4. The molecule has 0 fully saturated rings. The topological polar surface area (TPSA) is 52.3 Å². The monoisotopic (exact) mass is 201 g/mol. The van der Waals surface area contributed by atoms with Crippen LogP contribution in [0.25, 0.3) is 0 Å². The van der Waals surface area contributed by atoms with Gasteiger partial charge in [0, 0.05) is 0 Å². The largest absolute Gasteiger partial charge is 0.464 e. The zero-order valence-electron chi connectivity index (χ0n) is 9.96. The summed E-state index contributed by atoms with van der Waals surface area (Å²) in [6.07, 6.45) is 0.983. The van der Waals surface area contributed by atoms with Crippen LogP contribution >= 0.6 is 0 Å². The number of hydrogen-bond donors (Lipinski definition) is 1. The van der Waals surface area contributed by atoms with Gasteiger partial charge in [0.05, 0.1) is 6.61 Å². The first-order valence-electron chi connectivity index (χ1n) is 5.22. The fraction of sp³-hybridized carbons (Fsp3) is 0.909. The van der Waals surface area contributed by atoms with Crippen molar-refractivity contribution >= 4 is 5.97 Å². The maximum atomic E-state index is 11.4. The molecule has 14 heavy (non-hydrogen) atoms. The fourth-order valence-electron chi connectivity index (χ4n) is 0.737. The lowest BCUT2D eigenvalue weighted by atomic mass is 9.92. The predicted molar refractivity (Wildman–Crippen MR) is 57.8 cm³/mol. The molecule has 1 atom stereocenters. The van der Waals surface area contributed by atoms with Gasteiger partial charge in [-0.2, -0.15) is 0 Å². The summed E-state index contributed by atoms with van der Waals surface area (Å²) in [5, 5.41) is 0. The molecule has 0 amide bonds. The summed E-state index contributed by atoms with van der Waals surface area (Å²) in [6, 6.07) is -0.498. The Balaban J connectivity index is 3.97. The Morgan fingerprint density at radius 2 is 1.93 bits per heavy atom. The summed E-state index contributed by atoms with van der Waals surface area (Å²) >= 11 is 0. The highest BCUT2D eigenvalue weighted by Crippen LogP contribution is 2.20. The number of nitrogens with two attached hydrogens (primary N) is 1. The van der Waals surface area contributed by atoms with E-state index in [-0.39, 0.29) is 17.3 Å². The molecule has 0 heterocycles. The van der Waals surface area contributed by atoms with E-state index in [1.54, 1.807) is 0 Å². The standard InChI is InChI=1S/C11H23NO2/c1-6-11(4,5)7-14-10(13)9(12)8(2)3/h8-9H,6-7,12H2,1-5H3. The SMILES string of the molecule is CCC(C)(C)COC(=O)C(N)C(C)C. The van der Waals surface area contributed by atoms with Crippen molar-refractivity contribution in [3.8, 4) is 0 Å². The number of carbonyl (C=O) groups excluding carboxylic acids is 1. The molecule has 0 saturated carbocycles. The first kappa shape index (κ1) is 13.4. The molecular weight excluding hydrogens is 178 g/mol. The van der Waals surface area contributed by atoms with Gasteiger partial charge in [0.2, 0.25) is 0 Å². The summed E-state index contributed by atoms with van der Waals surface area (Å²) in [7, 11) is 0. The summed E-state index contributed by atoms with van der Waals surface area (Å²) in [5.74, 6) is -0.159. The van der Waals surface area contributed by atoms with Crippen LogP contribution in [0, 0.1) is 11.3 Å². The molecule has 0 saturated heterocycles. The van der Waals surface area contributed by atoms with Crippen LogP contribution in [0.2, 0.25) is 0 Å². The van der Waals surface area contributed by atoms with Crippen LogP contribution in [0.1, 0.15) is 41.0 Å². The van der Waals surface area contributed by atoms with Crippen LogP contribution in [0.15, 0.2) is 0 Å². The van der Waals surface area contributed by atoms with Crippen molar-refractivity contribution in [3.05, 3.63) is 0 Å². The van der Waals surface area contributed by atoms with Crippen molar-refractivity contribution in [2.75, 3.05) is 6.61 Å². The van der Waals surface area contributed by atoms with Crippen molar-refractivity contribution in [2.45, 2.75) is 47.1 Å². The van der Waals surface area contributed by atoms with Gasteiger partial charge in [-0.1, -0.05) is 34.6 Å². The Morgan fingerprint density at radius 1 is 1.43 bits per heavy atom. The van der Waals surface area contributed by atoms with Crippen molar-refractivity contribution in [2.24, 2.45) is 17.1 Å². The van der Waals surface area contributed by atoms with Crippen LogP contribution in [0.3, 0.4) is 0 Å². The second-order valence-corrected chi connectivity index (χ2v) is 4.90. The Kier molecular flexibility index (Phi) is 5.13. The molecule has 3 heteroatoms. The molecule has 0 aliphatic carbocycles. The molecule has 2 N–H and O–H groups in total. The van der Waals surface area contributed by atoms with Crippen molar-refractivity contribution in [3.63, 3.8) is 0 Å². The minimum atomic E-state index is -0.498. The van der Waals surface area contributed by atoms with E-state index in [0.29, 0.717) is 6.61 Å². The number of ether oxygens (including phenoxy) is 1. The quantitative estimate of drug-likeness (QED) is 0.692. The molecule has 0 aromatic heterocycles. The highest BCUT2D eigenvalue weighted by molar-refractivity contribution is 5.75. The van der Waals surface area contributed by atoms with E-state index >= 15 is 0 Å². The van der Waals surface area contributed by atoms with Gasteiger partial charge < -0.3 is 10.5 Å². The number of rotatable bonds is 5. The van der Waals surface area contributed by atoms with Crippen molar-refractivity contribution in [1.82, 2.24) is 0 Å². The Morgan fingerprint density at radius 3 is 2.29 bits per heavy atom. The van der Waals surface area contributed by atoms with E-state index in [1.165, 1.54) is 0 Å². The summed E-state index contributed by atoms with van der Waals surface area (Å²) < 4.78 is 5.16. The lowest BCUT2D eigenvalue weighted by molar-refractivity contribution is -0.149. The molecule has 0 bridgehead atoms. The van der Waals surface area contributed by atoms with E-state index in [2.05, 4.69) is 20.8 Å². The van der Waals surface area contributed by atoms with Crippen LogP contribution in [-0.4, -0.2) is 18.6 Å². The average molecular weight is 201 g/mol. The molecule has 84 valence electrons. The van der Waals surface area contributed by atoms with Gasteiger partial charge in [-0.25, -0.2) is 0 Å². The third kappa shape index (κ3) is 4.61.